The van der Waals surface area contributed by atoms with Crippen LogP contribution in [0, 0.1) is 0 Å². The molecular weight excluding hydrogens is 368 g/mol. The molecule has 29 heavy (non-hydrogen) atoms. The molecule has 1 aliphatic rings. The van der Waals surface area contributed by atoms with Gasteiger partial charge in [0.05, 0.1) is 18.4 Å². The monoisotopic (exact) mass is 388 g/mol. The van der Waals surface area contributed by atoms with Crippen LogP contribution >= 0.6 is 0 Å². The average Bonchev–Trinajstić information content (AvgIpc) is 2.78. The van der Waals surface area contributed by atoms with Crippen molar-refractivity contribution in [2.75, 3.05) is 23.9 Å². The van der Waals surface area contributed by atoms with E-state index >= 15 is 0 Å². The summed E-state index contributed by atoms with van der Waals surface area (Å²) in [6.07, 6.45) is 2.48. The largest absolute Gasteiger partial charge is 0.465 e. The highest BCUT2D eigenvalue weighted by molar-refractivity contribution is 6.07. The van der Waals surface area contributed by atoms with E-state index in [9.17, 15) is 9.59 Å². The molecule has 7 heteroatoms. The number of rotatable bonds is 4. The number of carbonyl (C=O) groups excluding carboxylic acids is 2. The molecule has 7 nitrogen and oxygen atoms in total. The number of benzene rings is 2. The standard InChI is InChI=1S/C22H20N4O3/c1-29-21(28)17-8-4-5-9-18(17)24-20(27)19-10-12-23-22(25-19)26-13-11-15-6-2-3-7-16(15)14-26/h2-10,12H,11,13-14H2,1H3,(H,24,27). The number of methoxy groups -OCH3 is 1. The van der Waals surface area contributed by atoms with Crippen LogP contribution in [-0.4, -0.2) is 35.5 Å². The van der Waals surface area contributed by atoms with E-state index in [1.54, 1.807) is 36.5 Å². The molecule has 2 aromatic carbocycles. The van der Waals surface area contributed by atoms with Crippen molar-refractivity contribution < 1.29 is 14.3 Å². The summed E-state index contributed by atoms with van der Waals surface area (Å²) in [6, 6.07) is 16.5. The van der Waals surface area contributed by atoms with Gasteiger partial charge in [-0.05, 0) is 35.7 Å². The molecule has 0 bridgehead atoms. The number of esters is 1. The van der Waals surface area contributed by atoms with Gasteiger partial charge in [-0.1, -0.05) is 36.4 Å². The molecule has 0 saturated carbocycles. The van der Waals surface area contributed by atoms with Crippen LogP contribution in [0.5, 0.6) is 0 Å². The fourth-order valence-corrected chi connectivity index (χ4v) is 3.36. The Kier molecular flexibility index (Phi) is 5.20. The van der Waals surface area contributed by atoms with E-state index in [1.165, 1.54) is 18.2 Å². The van der Waals surface area contributed by atoms with Gasteiger partial charge in [-0.2, -0.15) is 0 Å². The lowest BCUT2D eigenvalue weighted by Gasteiger charge is -2.28. The van der Waals surface area contributed by atoms with Crippen molar-refractivity contribution in [1.29, 1.82) is 0 Å². The molecule has 0 saturated heterocycles. The van der Waals surface area contributed by atoms with E-state index in [-0.39, 0.29) is 11.3 Å². The molecule has 0 spiro atoms. The van der Waals surface area contributed by atoms with Gasteiger partial charge in [-0.15, -0.1) is 0 Å². The van der Waals surface area contributed by atoms with Crippen LogP contribution in [0.3, 0.4) is 0 Å². The van der Waals surface area contributed by atoms with Gasteiger partial charge in [0.1, 0.15) is 5.69 Å². The molecule has 0 unspecified atom stereocenters. The molecule has 3 aromatic rings. The Morgan fingerprint density at radius 1 is 1.03 bits per heavy atom. The second-order valence-electron chi connectivity index (χ2n) is 6.67. The molecule has 4 rings (SSSR count). The van der Waals surface area contributed by atoms with Gasteiger partial charge in [0.25, 0.3) is 5.91 Å². The van der Waals surface area contributed by atoms with Gasteiger partial charge in [-0.25, -0.2) is 14.8 Å². The van der Waals surface area contributed by atoms with Crippen LogP contribution in [0.1, 0.15) is 32.0 Å². The van der Waals surface area contributed by atoms with Crippen molar-refractivity contribution in [2.24, 2.45) is 0 Å². The Balaban J connectivity index is 1.54. The summed E-state index contributed by atoms with van der Waals surface area (Å²) in [5.74, 6) is -0.424. The van der Waals surface area contributed by atoms with Crippen LogP contribution < -0.4 is 10.2 Å². The molecular formula is C22H20N4O3. The predicted molar refractivity (Wildman–Crippen MR) is 109 cm³/mol. The zero-order valence-corrected chi connectivity index (χ0v) is 16.0. The number of ether oxygens (including phenoxy) is 1. The maximum atomic E-state index is 12.7. The summed E-state index contributed by atoms with van der Waals surface area (Å²) >= 11 is 0. The van der Waals surface area contributed by atoms with Crippen LogP contribution in [0.15, 0.2) is 60.8 Å². The van der Waals surface area contributed by atoms with Gasteiger partial charge in [-0.3, -0.25) is 4.79 Å². The first kappa shape index (κ1) is 18.6. The molecule has 1 aromatic heterocycles. The third kappa shape index (κ3) is 3.94. The lowest BCUT2D eigenvalue weighted by molar-refractivity contribution is 0.0602. The van der Waals surface area contributed by atoms with Crippen molar-refractivity contribution in [3.8, 4) is 0 Å². The zero-order valence-electron chi connectivity index (χ0n) is 16.0. The highest BCUT2D eigenvalue weighted by Crippen LogP contribution is 2.22. The van der Waals surface area contributed by atoms with E-state index in [2.05, 4.69) is 32.3 Å². The van der Waals surface area contributed by atoms with Crippen molar-refractivity contribution in [2.45, 2.75) is 13.0 Å². The lowest BCUT2D eigenvalue weighted by atomic mass is 10.0. The summed E-state index contributed by atoms with van der Waals surface area (Å²) in [6.45, 7) is 1.49. The molecule has 1 N–H and O–H groups in total. The number of carbonyl (C=O) groups is 2. The van der Waals surface area contributed by atoms with Crippen molar-refractivity contribution in [1.82, 2.24) is 9.97 Å². The Morgan fingerprint density at radius 2 is 1.79 bits per heavy atom. The second-order valence-corrected chi connectivity index (χ2v) is 6.67. The minimum Gasteiger partial charge on any atom is -0.465 e. The Morgan fingerprint density at radius 3 is 2.62 bits per heavy atom. The number of anilines is 2. The van der Waals surface area contributed by atoms with Crippen molar-refractivity contribution in [3.63, 3.8) is 0 Å². The third-order valence-electron chi connectivity index (χ3n) is 4.87. The molecule has 2 heterocycles. The minimum absolute atomic E-state index is 0.230. The highest BCUT2D eigenvalue weighted by Gasteiger charge is 2.20. The van der Waals surface area contributed by atoms with Gasteiger partial charge in [0.2, 0.25) is 5.95 Å². The quantitative estimate of drug-likeness (QED) is 0.692. The first-order valence-electron chi connectivity index (χ1n) is 9.29. The third-order valence-corrected chi connectivity index (χ3v) is 4.87. The summed E-state index contributed by atoms with van der Waals surface area (Å²) in [5.41, 5.74) is 3.46. The predicted octanol–water partition coefficient (Wildman–Crippen LogP) is 3.08. The SMILES string of the molecule is COC(=O)c1ccccc1NC(=O)c1ccnc(N2CCc3ccccc3C2)n1. The molecule has 146 valence electrons. The number of nitrogens with one attached hydrogen (secondary N) is 1. The summed E-state index contributed by atoms with van der Waals surface area (Å²) in [5, 5.41) is 2.74. The van der Waals surface area contributed by atoms with E-state index in [4.69, 9.17) is 4.74 Å². The highest BCUT2D eigenvalue weighted by atomic mass is 16.5. The van der Waals surface area contributed by atoms with E-state index in [0.717, 1.165) is 13.0 Å². The summed E-state index contributed by atoms with van der Waals surface area (Å²) < 4.78 is 4.77. The first-order valence-corrected chi connectivity index (χ1v) is 9.29. The number of amides is 1. The fraction of sp³-hybridized carbons (Fsp3) is 0.182. The molecule has 1 aliphatic heterocycles. The molecule has 0 fully saturated rings. The van der Waals surface area contributed by atoms with E-state index in [0.29, 0.717) is 18.2 Å². The van der Waals surface area contributed by atoms with Gasteiger partial charge in [0, 0.05) is 19.3 Å². The summed E-state index contributed by atoms with van der Waals surface area (Å²) in [4.78, 5) is 35.5. The Labute approximate surface area is 168 Å². The van der Waals surface area contributed by atoms with Crippen molar-refractivity contribution >= 4 is 23.5 Å². The van der Waals surface area contributed by atoms with Crippen LogP contribution in [-0.2, 0) is 17.7 Å². The van der Waals surface area contributed by atoms with E-state index < -0.39 is 11.9 Å². The molecule has 1 amide bonds. The first-order chi connectivity index (χ1) is 14.2. The zero-order chi connectivity index (χ0) is 20.2. The van der Waals surface area contributed by atoms with Crippen molar-refractivity contribution in [3.05, 3.63) is 83.2 Å². The van der Waals surface area contributed by atoms with Gasteiger partial charge in [0.15, 0.2) is 0 Å². The van der Waals surface area contributed by atoms with Gasteiger partial charge >= 0.3 is 5.97 Å². The summed E-state index contributed by atoms with van der Waals surface area (Å²) in [7, 11) is 1.30. The Bertz CT molecular complexity index is 1070. The topological polar surface area (TPSA) is 84.4 Å². The maximum absolute atomic E-state index is 12.7. The number of para-hydroxylation sites is 1. The van der Waals surface area contributed by atoms with Crippen LogP contribution in [0.2, 0.25) is 0 Å². The number of hydrogen-bond acceptors (Lipinski definition) is 6. The normalized spacial score (nSPS) is 12.8. The Hall–Kier alpha value is -3.74. The molecule has 0 radical (unpaired) electrons. The molecule has 0 atom stereocenters. The number of aromatic nitrogens is 2. The van der Waals surface area contributed by atoms with E-state index in [1.807, 2.05) is 12.1 Å². The average molecular weight is 388 g/mol. The lowest BCUT2D eigenvalue weighted by Crippen LogP contribution is -2.32. The number of nitrogens with zero attached hydrogens (tertiary/aromatic N) is 3. The fourth-order valence-electron chi connectivity index (χ4n) is 3.36. The molecule has 0 aliphatic carbocycles. The second kappa shape index (κ2) is 8.10. The number of hydrogen-bond donors (Lipinski definition) is 1. The maximum Gasteiger partial charge on any atom is 0.339 e. The van der Waals surface area contributed by atoms with Crippen LogP contribution in [0.25, 0.3) is 0 Å². The van der Waals surface area contributed by atoms with Crippen LogP contribution in [0.4, 0.5) is 11.6 Å². The minimum atomic E-state index is -0.517. The number of fused-ring (bicyclic) bond motifs is 1. The smallest absolute Gasteiger partial charge is 0.339 e. The van der Waals surface area contributed by atoms with Gasteiger partial charge < -0.3 is 15.0 Å².